The fourth-order valence-corrected chi connectivity index (χ4v) is 1.88. The molecule has 1 rings (SSSR count). The summed E-state index contributed by atoms with van der Waals surface area (Å²) < 4.78 is 11.5. The summed E-state index contributed by atoms with van der Waals surface area (Å²) in [6.07, 6.45) is -0.162. The predicted molar refractivity (Wildman–Crippen MR) is 67.8 cm³/mol. The van der Waals surface area contributed by atoms with Crippen molar-refractivity contribution in [1.82, 2.24) is 0 Å². The summed E-state index contributed by atoms with van der Waals surface area (Å²) in [5, 5.41) is 8.90. The molecule has 5 heteroatoms. The molecule has 0 atom stereocenters. The van der Waals surface area contributed by atoms with Crippen LogP contribution in [-0.4, -0.2) is 24.3 Å². The maximum absolute atomic E-state index is 10.8. The predicted octanol–water partition coefficient (Wildman–Crippen LogP) is 2.87. The molecule has 0 heterocycles. The number of aliphatic carboxylic acids is 1. The molecule has 0 spiro atoms. The monoisotopic (exact) mass is 302 g/mol. The Bertz CT molecular complexity index is 415. The van der Waals surface area contributed by atoms with Gasteiger partial charge in [0.25, 0.3) is 0 Å². The van der Waals surface area contributed by atoms with E-state index in [0.29, 0.717) is 21.5 Å². The van der Waals surface area contributed by atoms with Crippen LogP contribution in [0.1, 0.15) is 19.4 Å². The highest BCUT2D eigenvalue weighted by Crippen LogP contribution is 2.37. The van der Waals surface area contributed by atoms with Crippen molar-refractivity contribution < 1.29 is 19.4 Å². The van der Waals surface area contributed by atoms with Crippen molar-refractivity contribution in [3.63, 3.8) is 0 Å². The van der Waals surface area contributed by atoms with Gasteiger partial charge in [-0.15, -0.1) is 0 Å². The average Bonchev–Trinajstić information content (AvgIpc) is 2.22. The van der Waals surface area contributed by atoms with Crippen molar-refractivity contribution in [2.75, 3.05) is 7.11 Å². The minimum absolute atomic E-state index is 0.0502. The smallest absolute Gasteiger partial charge is 0.308 e. The molecule has 0 aliphatic carbocycles. The second-order valence-electron chi connectivity index (χ2n) is 3.79. The standard InChI is InChI=1S/C12H15BrO4/c1-7(2)17-12-8(6-11(14)15)9(13)4-5-10(12)16-3/h4-5,7H,6H2,1-3H3,(H,14,15). The summed E-state index contributed by atoms with van der Waals surface area (Å²) in [4.78, 5) is 10.8. The van der Waals surface area contributed by atoms with E-state index in [9.17, 15) is 4.79 Å². The van der Waals surface area contributed by atoms with Crippen molar-refractivity contribution in [1.29, 1.82) is 0 Å². The first kappa shape index (κ1) is 13.8. The fraction of sp³-hybridized carbons (Fsp3) is 0.417. The maximum atomic E-state index is 10.8. The lowest BCUT2D eigenvalue weighted by Crippen LogP contribution is -2.11. The van der Waals surface area contributed by atoms with E-state index in [1.165, 1.54) is 7.11 Å². The molecule has 94 valence electrons. The zero-order chi connectivity index (χ0) is 13.0. The average molecular weight is 303 g/mol. The largest absolute Gasteiger partial charge is 0.493 e. The first-order chi connectivity index (χ1) is 7.95. The van der Waals surface area contributed by atoms with Crippen LogP contribution < -0.4 is 9.47 Å². The zero-order valence-electron chi connectivity index (χ0n) is 9.99. The number of rotatable bonds is 5. The Morgan fingerprint density at radius 2 is 2.12 bits per heavy atom. The van der Waals surface area contributed by atoms with E-state index in [0.717, 1.165) is 0 Å². The number of hydrogen-bond donors (Lipinski definition) is 1. The van der Waals surface area contributed by atoms with E-state index < -0.39 is 5.97 Å². The van der Waals surface area contributed by atoms with Crippen LogP contribution in [0.5, 0.6) is 11.5 Å². The topological polar surface area (TPSA) is 55.8 Å². The van der Waals surface area contributed by atoms with Crippen LogP contribution in [0, 0.1) is 0 Å². The van der Waals surface area contributed by atoms with Gasteiger partial charge in [-0.1, -0.05) is 15.9 Å². The van der Waals surface area contributed by atoms with Crippen molar-refractivity contribution in [3.05, 3.63) is 22.2 Å². The maximum Gasteiger partial charge on any atom is 0.308 e. The molecule has 0 bridgehead atoms. The van der Waals surface area contributed by atoms with Gasteiger partial charge in [0.2, 0.25) is 0 Å². The van der Waals surface area contributed by atoms with E-state index >= 15 is 0 Å². The number of halogens is 1. The number of hydrogen-bond acceptors (Lipinski definition) is 3. The molecule has 1 aromatic carbocycles. The molecule has 0 saturated carbocycles. The van der Waals surface area contributed by atoms with Gasteiger partial charge >= 0.3 is 5.97 Å². The third-order valence-electron chi connectivity index (χ3n) is 2.07. The highest BCUT2D eigenvalue weighted by Gasteiger charge is 2.17. The van der Waals surface area contributed by atoms with Gasteiger partial charge in [0.05, 0.1) is 19.6 Å². The van der Waals surface area contributed by atoms with Crippen LogP contribution in [0.4, 0.5) is 0 Å². The number of ether oxygens (including phenoxy) is 2. The van der Waals surface area contributed by atoms with E-state index in [2.05, 4.69) is 15.9 Å². The molecule has 4 nitrogen and oxygen atoms in total. The van der Waals surface area contributed by atoms with E-state index in [1.54, 1.807) is 12.1 Å². The third-order valence-corrected chi connectivity index (χ3v) is 2.81. The lowest BCUT2D eigenvalue weighted by atomic mass is 10.1. The fourth-order valence-electron chi connectivity index (χ4n) is 1.42. The van der Waals surface area contributed by atoms with Crippen LogP contribution in [-0.2, 0) is 11.2 Å². The molecular formula is C12H15BrO4. The van der Waals surface area contributed by atoms with E-state index in [4.69, 9.17) is 14.6 Å². The number of carboxylic acid groups (broad SMARTS) is 1. The molecule has 0 radical (unpaired) electrons. The molecule has 1 aromatic rings. The van der Waals surface area contributed by atoms with Crippen molar-refractivity contribution in [3.8, 4) is 11.5 Å². The van der Waals surface area contributed by atoms with Crippen molar-refractivity contribution in [2.45, 2.75) is 26.4 Å². The normalized spacial score (nSPS) is 10.4. The SMILES string of the molecule is COc1ccc(Br)c(CC(=O)O)c1OC(C)C. The molecule has 1 N–H and O–H groups in total. The summed E-state index contributed by atoms with van der Waals surface area (Å²) in [6, 6.07) is 3.50. The quantitative estimate of drug-likeness (QED) is 0.908. The molecule has 0 aromatic heterocycles. The third kappa shape index (κ3) is 3.63. The number of methoxy groups -OCH3 is 1. The Kier molecular flexibility index (Phi) is 4.81. The van der Waals surface area contributed by atoms with Gasteiger partial charge in [-0.2, -0.15) is 0 Å². The molecule has 0 unspecified atom stereocenters. The summed E-state index contributed by atoms with van der Waals surface area (Å²) in [5.74, 6) is 0.116. The Balaban J connectivity index is 3.25. The lowest BCUT2D eigenvalue weighted by Gasteiger charge is -2.17. The van der Waals surface area contributed by atoms with Gasteiger partial charge in [0.15, 0.2) is 11.5 Å². The van der Waals surface area contributed by atoms with Gasteiger partial charge < -0.3 is 14.6 Å². The summed E-state index contributed by atoms with van der Waals surface area (Å²) in [5.41, 5.74) is 0.588. The Morgan fingerprint density at radius 1 is 1.47 bits per heavy atom. The number of benzene rings is 1. The van der Waals surface area contributed by atoms with Crippen LogP contribution in [0.2, 0.25) is 0 Å². The Labute approximate surface area is 109 Å². The zero-order valence-corrected chi connectivity index (χ0v) is 11.6. The molecule has 0 fully saturated rings. The van der Waals surface area contributed by atoms with Gasteiger partial charge in [0.1, 0.15) is 0 Å². The van der Waals surface area contributed by atoms with Gasteiger partial charge in [0, 0.05) is 10.0 Å². The lowest BCUT2D eigenvalue weighted by molar-refractivity contribution is -0.136. The summed E-state index contributed by atoms with van der Waals surface area (Å²) in [7, 11) is 1.53. The van der Waals surface area contributed by atoms with Crippen molar-refractivity contribution in [2.24, 2.45) is 0 Å². The summed E-state index contributed by atoms with van der Waals surface area (Å²) >= 11 is 3.33. The van der Waals surface area contributed by atoms with Gasteiger partial charge in [-0.05, 0) is 26.0 Å². The number of carboxylic acids is 1. The van der Waals surface area contributed by atoms with Crippen LogP contribution >= 0.6 is 15.9 Å². The Hall–Kier alpha value is -1.23. The van der Waals surface area contributed by atoms with E-state index in [1.807, 2.05) is 13.8 Å². The molecule has 17 heavy (non-hydrogen) atoms. The molecule has 0 saturated heterocycles. The second-order valence-corrected chi connectivity index (χ2v) is 4.65. The minimum atomic E-state index is -0.910. The molecule has 0 amide bonds. The second kappa shape index (κ2) is 5.91. The minimum Gasteiger partial charge on any atom is -0.493 e. The first-order valence-corrected chi connectivity index (χ1v) is 5.98. The van der Waals surface area contributed by atoms with Crippen LogP contribution in [0.3, 0.4) is 0 Å². The number of carbonyl (C=O) groups is 1. The Morgan fingerprint density at radius 3 is 2.59 bits per heavy atom. The van der Waals surface area contributed by atoms with Gasteiger partial charge in [-0.25, -0.2) is 0 Å². The molecule has 0 aliphatic rings. The highest BCUT2D eigenvalue weighted by atomic mass is 79.9. The van der Waals surface area contributed by atoms with Crippen LogP contribution in [0.15, 0.2) is 16.6 Å². The molecule has 0 aliphatic heterocycles. The summed E-state index contributed by atoms with van der Waals surface area (Å²) in [6.45, 7) is 3.76. The highest BCUT2D eigenvalue weighted by molar-refractivity contribution is 9.10. The van der Waals surface area contributed by atoms with Crippen molar-refractivity contribution >= 4 is 21.9 Å². The van der Waals surface area contributed by atoms with E-state index in [-0.39, 0.29) is 12.5 Å². The molecular weight excluding hydrogens is 288 g/mol. The first-order valence-electron chi connectivity index (χ1n) is 5.19. The van der Waals surface area contributed by atoms with Crippen LogP contribution in [0.25, 0.3) is 0 Å². The van der Waals surface area contributed by atoms with Gasteiger partial charge in [-0.3, -0.25) is 4.79 Å².